The van der Waals surface area contributed by atoms with E-state index in [1.807, 2.05) is 0 Å². The number of nitrogens with zero attached hydrogens (tertiary/aromatic N) is 1. The Morgan fingerprint density at radius 1 is 1.05 bits per heavy atom. The molecule has 1 heterocycles. The van der Waals surface area contributed by atoms with E-state index in [9.17, 15) is 19.2 Å². The number of hydroxylamine groups is 2. The number of methoxy groups -OCH3 is 1. The fourth-order valence-electron chi connectivity index (χ4n) is 2.23. The van der Waals surface area contributed by atoms with Crippen LogP contribution in [-0.2, 0) is 19.2 Å². The molecule has 0 aromatic heterocycles. The second kappa shape index (κ2) is 4.41. The van der Waals surface area contributed by atoms with Crippen molar-refractivity contribution in [2.45, 2.75) is 12.8 Å². The van der Waals surface area contributed by atoms with Gasteiger partial charge in [0, 0.05) is 0 Å². The molecule has 0 N–H and O–H groups in total. The molecule has 1 aliphatic carbocycles. The summed E-state index contributed by atoms with van der Waals surface area (Å²) in [6, 6.07) is 6.14. The zero-order valence-electron chi connectivity index (χ0n) is 11.1. The van der Waals surface area contributed by atoms with E-state index in [4.69, 9.17) is 4.84 Å². The summed E-state index contributed by atoms with van der Waals surface area (Å²) in [5, 5.41) is 0.399. The number of esters is 1. The minimum Gasteiger partial charge on any atom is -0.468 e. The molecule has 0 unspecified atom stereocenters. The van der Waals surface area contributed by atoms with E-state index in [1.54, 1.807) is 12.1 Å². The molecule has 1 aromatic carbocycles. The van der Waals surface area contributed by atoms with Crippen molar-refractivity contribution in [3.05, 3.63) is 35.4 Å². The van der Waals surface area contributed by atoms with Gasteiger partial charge < -0.3 is 9.57 Å². The number of imide groups is 1. The second-order valence-corrected chi connectivity index (χ2v) is 4.90. The van der Waals surface area contributed by atoms with E-state index in [2.05, 4.69) is 4.74 Å². The Morgan fingerprint density at radius 3 is 2.00 bits per heavy atom. The Bertz CT molecular complexity index is 641. The predicted molar refractivity (Wildman–Crippen MR) is 66.7 cm³/mol. The number of ether oxygens (including phenoxy) is 1. The van der Waals surface area contributed by atoms with Crippen molar-refractivity contribution in [3.63, 3.8) is 0 Å². The highest BCUT2D eigenvalue weighted by atomic mass is 16.7. The van der Waals surface area contributed by atoms with Crippen LogP contribution in [0.3, 0.4) is 0 Å². The number of rotatable bonds is 3. The molecule has 0 saturated heterocycles. The molecule has 1 fully saturated rings. The molecule has 2 aliphatic rings. The van der Waals surface area contributed by atoms with Crippen LogP contribution in [0.2, 0.25) is 0 Å². The summed E-state index contributed by atoms with van der Waals surface area (Å²) in [6.07, 6.45) is 0.559. The van der Waals surface area contributed by atoms with E-state index in [0.717, 1.165) is 7.11 Å². The lowest BCUT2D eigenvalue weighted by atomic mass is 10.1. The first kappa shape index (κ1) is 13.3. The average Bonchev–Trinajstić information content (AvgIpc) is 3.28. The minimum absolute atomic E-state index is 0.165. The van der Waals surface area contributed by atoms with E-state index in [0.29, 0.717) is 5.06 Å². The van der Waals surface area contributed by atoms with Crippen molar-refractivity contribution in [1.29, 1.82) is 0 Å². The highest BCUT2D eigenvalue weighted by Gasteiger charge is 2.61. The third-order valence-corrected chi connectivity index (χ3v) is 3.65. The minimum atomic E-state index is -1.38. The van der Waals surface area contributed by atoms with Crippen LogP contribution in [0, 0.1) is 5.41 Å². The van der Waals surface area contributed by atoms with Gasteiger partial charge in [0.1, 0.15) is 0 Å². The zero-order valence-corrected chi connectivity index (χ0v) is 11.1. The van der Waals surface area contributed by atoms with Gasteiger partial charge in [0.25, 0.3) is 11.8 Å². The molecule has 7 heteroatoms. The molecular formula is C14H11NO6. The van der Waals surface area contributed by atoms with Crippen LogP contribution in [0.4, 0.5) is 0 Å². The lowest BCUT2D eigenvalue weighted by molar-refractivity contribution is -0.181. The van der Waals surface area contributed by atoms with Gasteiger partial charge >= 0.3 is 11.9 Å². The van der Waals surface area contributed by atoms with Gasteiger partial charge in [-0.2, -0.15) is 0 Å². The Hall–Kier alpha value is -2.70. The molecule has 1 aromatic rings. The summed E-state index contributed by atoms with van der Waals surface area (Å²) in [4.78, 5) is 52.6. The summed E-state index contributed by atoms with van der Waals surface area (Å²) >= 11 is 0. The van der Waals surface area contributed by atoms with Crippen LogP contribution >= 0.6 is 0 Å². The summed E-state index contributed by atoms with van der Waals surface area (Å²) in [7, 11) is 1.16. The topological polar surface area (TPSA) is 90.0 Å². The largest absolute Gasteiger partial charge is 0.468 e. The molecule has 108 valence electrons. The Labute approximate surface area is 119 Å². The predicted octanol–water partition coefficient (Wildman–Crippen LogP) is 0.694. The molecule has 0 spiro atoms. The van der Waals surface area contributed by atoms with Gasteiger partial charge in [-0.25, -0.2) is 4.79 Å². The Morgan fingerprint density at radius 2 is 1.57 bits per heavy atom. The van der Waals surface area contributed by atoms with Crippen molar-refractivity contribution >= 4 is 23.8 Å². The van der Waals surface area contributed by atoms with Gasteiger partial charge in [0.2, 0.25) is 0 Å². The van der Waals surface area contributed by atoms with Crippen molar-refractivity contribution in [2.75, 3.05) is 7.11 Å². The molecule has 1 saturated carbocycles. The molecular weight excluding hydrogens is 278 g/mol. The summed E-state index contributed by atoms with van der Waals surface area (Å²) in [6.45, 7) is 0. The fourth-order valence-corrected chi connectivity index (χ4v) is 2.23. The van der Waals surface area contributed by atoms with Crippen molar-refractivity contribution in [2.24, 2.45) is 5.41 Å². The molecule has 0 atom stereocenters. The number of hydrogen-bond acceptors (Lipinski definition) is 6. The maximum atomic E-state index is 12.1. The number of carbonyl (C=O) groups excluding carboxylic acids is 4. The number of benzene rings is 1. The molecule has 0 radical (unpaired) electrons. The average molecular weight is 289 g/mol. The van der Waals surface area contributed by atoms with Crippen LogP contribution in [0.25, 0.3) is 0 Å². The summed E-state index contributed by atoms with van der Waals surface area (Å²) in [5.41, 5.74) is -1.05. The lowest BCUT2D eigenvalue weighted by Crippen LogP contribution is -2.38. The molecule has 1 aliphatic heterocycles. The first-order chi connectivity index (χ1) is 10.0. The summed E-state index contributed by atoms with van der Waals surface area (Å²) < 4.78 is 4.55. The van der Waals surface area contributed by atoms with E-state index in [1.165, 1.54) is 12.1 Å². The molecule has 3 rings (SSSR count). The summed E-state index contributed by atoms with van der Waals surface area (Å²) in [5.74, 6) is -3.10. The standard InChI is InChI=1S/C14H11NO6/c1-20-12(18)14(6-7-14)13(19)21-15-10(16)8-4-2-3-5-9(8)11(15)17/h2-5H,6-7H2,1H3. The van der Waals surface area contributed by atoms with Crippen LogP contribution in [0.1, 0.15) is 33.6 Å². The Kier molecular flexibility index (Phi) is 2.79. The first-order valence-electron chi connectivity index (χ1n) is 6.30. The van der Waals surface area contributed by atoms with Crippen molar-refractivity contribution in [1.82, 2.24) is 5.06 Å². The highest BCUT2D eigenvalue weighted by molar-refractivity contribution is 6.21. The Balaban J connectivity index is 1.82. The van der Waals surface area contributed by atoms with Crippen LogP contribution in [0.15, 0.2) is 24.3 Å². The van der Waals surface area contributed by atoms with Gasteiger partial charge in [0.05, 0.1) is 18.2 Å². The van der Waals surface area contributed by atoms with Gasteiger partial charge in [-0.15, -0.1) is 0 Å². The van der Waals surface area contributed by atoms with E-state index < -0.39 is 29.2 Å². The fraction of sp³-hybridized carbons (Fsp3) is 0.286. The van der Waals surface area contributed by atoms with Crippen LogP contribution in [0.5, 0.6) is 0 Å². The van der Waals surface area contributed by atoms with Gasteiger partial charge in [0.15, 0.2) is 5.41 Å². The molecule has 7 nitrogen and oxygen atoms in total. The normalized spacial score (nSPS) is 18.2. The number of fused-ring (bicyclic) bond motifs is 1. The number of carbonyl (C=O) groups is 4. The molecule has 2 amide bonds. The van der Waals surface area contributed by atoms with E-state index in [-0.39, 0.29) is 24.0 Å². The molecule has 21 heavy (non-hydrogen) atoms. The maximum Gasteiger partial charge on any atom is 0.350 e. The van der Waals surface area contributed by atoms with Crippen LogP contribution < -0.4 is 0 Å². The smallest absolute Gasteiger partial charge is 0.350 e. The van der Waals surface area contributed by atoms with Crippen molar-refractivity contribution < 1.29 is 28.8 Å². The van der Waals surface area contributed by atoms with Gasteiger partial charge in [-0.05, 0) is 25.0 Å². The highest BCUT2D eigenvalue weighted by Crippen LogP contribution is 2.48. The quantitative estimate of drug-likeness (QED) is 0.462. The number of amides is 2. The van der Waals surface area contributed by atoms with Crippen molar-refractivity contribution in [3.8, 4) is 0 Å². The maximum absolute atomic E-state index is 12.1. The third-order valence-electron chi connectivity index (χ3n) is 3.65. The molecule has 0 bridgehead atoms. The van der Waals surface area contributed by atoms with Gasteiger partial charge in [-0.3, -0.25) is 14.4 Å². The third kappa shape index (κ3) is 1.81. The second-order valence-electron chi connectivity index (χ2n) is 4.90. The zero-order chi connectivity index (χ0) is 15.2. The SMILES string of the molecule is COC(=O)C1(C(=O)ON2C(=O)c3ccccc3C2=O)CC1. The van der Waals surface area contributed by atoms with E-state index >= 15 is 0 Å². The lowest BCUT2D eigenvalue weighted by Gasteiger charge is -2.16. The number of hydrogen-bond donors (Lipinski definition) is 0. The monoisotopic (exact) mass is 289 g/mol. The first-order valence-corrected chi connectivity index (χ1v) is 6.30. The van der Waals surface area contributed by atoms with Crippen LogP contribution in [-0.4, -0.2) is 35.9 Å². The van der Waals surface area contributed by atoms with Gasteiger partial charge in [-0.1, -0.05) is 17.2 Å².